The van der Waals surface area contributed by atoms with Crippen molar-refractivity contribution in [3.63, 3.8) is 0 Å². The van der Waals surface area contributed by atoms with Crippen LogP contribution in [0.1, 0.15) is 29.9 Å². The Bertz CT molecular complexity index is 487. The smallest absolute Gasteiger partial charge is 0.255 e. The van der Waals surface area contributed by atoms with Gasteiger partial charge in [0.25, 0.3) is 5.91 Å². The van der Waals surface area contributed by atoms with Gasteiger partial charge in [-0.15, -0.1) is 0 Å². The van der Waals surface area contributed by atoms with E-state index in [-0.39, 0.29) is 5.91 Å². The molecular weight excluding hydrogens is 212 g/mol. The highest BCUT2D eigenvalue weighted by Crippen LogP contribution is 2.35. The van der Waals surface area contributed by atoms with Crippen LogP contribution in [-0.2, 0) is 4.79 Å². The zero-order valence-electron chi connectivity index (χ0n) is 9.75. The van der Waals surface area contributed by atoms with Crippen molar-refractivity contribution < 1.29 is 4.79 Å². The molecule has 0 saturated carbocycles. The molecule has 2 aliphatic heterocycles. The van der Waals surface area contributed by atoms with E-state index in [0.29, 0.717) is 11.5 Å². The van der Waals surface area contributed by atoms with Gasteiger partial charge in [-0.05, 0) is 49.5 Å². The number of carbonyl (C=O) groups is 1. The second-order valence-corrected chi connectivity index (χ2v) is 4.76. The van der Waals surface area contributed by atoms with Crippen LogP contribution < -0.4 is 10.6 Å². The number of amides is 1. The van der Waals surface area contributed by atoms with E-state index in [1.165, 1.54) is 18.4 Å². The molecule has 3 nitrogen and oxygen atoms in total. The maximum absolute atomic E-state index is 11.5. The summed E-state index contributed by atoms with van der Waals surface area (Å²) in [5.41, 5.74) is 3.81. The summed E-state index contributed by atoms with van der Waals surface area (Å²) in [7, 11) is 0. The van der Waals surface area contributed by atoms with Crippen LogP contribution in [0.4, 0.5) is 5.69 Å². The lowest BCUT2D eigenvalue weighted by Crippen LogP contribution is -2.26. The van der Waals surface area contributed by atoms with E-state index in [4.69, 9.17) is 0 Å². The summed E-state index contributed by atoms with van der Waals surface area (Å²) in [5, 5.41) is 6.20. The van der Waals surface area contributed by atoms with E-state index in [1.54, 1.807) is 0 Å². The second-order valence-electron chi connectivity index (χ2n) is 4.76. The molecule has 0 spiro atoms. The van der Waals surface area contributed by atoms with Crippen molar-refractivity contribution in [2.75, 3.05) is 18.4 Å². The minimum atomic E-state index is -0.0672. The van der Waals surface area contributed by atoms with Gasteiger partial charge in [-0.25, -0.2) is 0 Å². The average Bonchev–Trinajstić information content (AvgIpc) is 2.66. The fourth-order valence-electron chi connectivity index (χ4n) is 2.65. The molecule has 1 aromatic rings. The standard InChI is InChI=1S/C14H16N2O/c1-9-12-8-11(10-4-6-15-7-5-10)2-3-13(12)16-14(9)17/h2-3,8,10,15H,1,4-7H2,(H,16,17). The zero-order chi connectivity index (χ0) is 11.8. The molecule has 17 heavy (non-hydrogen) atoms. The number of nitrogens with one attached hydrogen (secondary N) is 2. The lowest BCUT2D eigenvalue weighted by molar-refractivity contribution is -0.110. The van der Waals surface area contributed by atoms with Gasteiger partial charge in [0.15, 0.2) is 0 Å². The largest absolute Gasteiger partial charge is 0.321 e. The van der Waals surface area contributed by atoms with E-state index in [9.17, 15) is 4.79 Å². The van der Waals surface area contributed by atoms with Crippen LogP contribution >= 0.6 is 0 Å². The molecule has 88 valence electrons. The summed E-state index contributed by atoms with van der Waals surface area (Å²) < 4.78 is 0. The molecule has 2 aliphatic rings. The van der Waals surface area contributed by atoms with Crippen LogP contribution in [0.25, 0.3) is 5.57 Å². The van der Waals surface area contributed by atoms with E-state index in [1.807, 2.05) is 6.07 Å². The molecule has 0 atom stereocenters. The highest BCUT2D eigenvalue weighted by atomic mass is 16.1. The topological polar surface area (TPSA) is 41.1 Å². The number of rotatable bonds is 1. The Balaban J connectivity index is 1.93. The van der Waals surface area contributed by atoms with Crippen LogP contribution in [0.5, 0.6) is 0 Å². The summed E-state index contributed by atoms with van der Waals surface area (Å²) in [4.78, 5) is 11.5. The zero-order valence-corrected chi connectivity index (χ0v) is 9.75. The minimum Gasteiger partial charge on any atom is -0.321 e. The van der Waals surface area contributed by atoms with Crippen molar-refractivity contribution in [1.29, 1.82) is 0 Å². The number of hydrogen-bond donors (Lipinski definition) is 2. The van der Waals surface area contributed by atoms with Gasteiger partial charge < -0.3 is 10.6 Å². The fourth-order valence-corrected chi connectivity index (χ4v) is 2.65. The summed E-state index contributed by atoms with van der Waals surface area (Å²) in [6, 6.07) is 6.27. The lowest BCUT2D eigenvalue weighted by atomic mass is 9.88. The second kappa shape index (κ2) is 4.00. The first-order valence-electron chi connectivity index (χ1n) is 6.11. The van der Waals surface area contributed by atoms with Crippen LogP contribution in [0.15, 0.2) is 24.8 Å². The molecule has 3 rings (SSSR count). The van der Waals surface area contributed by atoms with Gasteiger partial charge >= 0.3 is 0 Å². The molecule has 1 fully saturated rings. The van der Waals surface area contributed by atoms with Gasteiger partial charge in [0.1, 0.15) is 0 Å². The highest BCUT2D eigenvalue weighted by Gasteiger charge is 2.24. The van der Waals surface area contributed by atoms with Gasteiger partial charge in [0.05, 0.1) is 0 Å². The molecule has 0 radical (unpaired) electrons. The maximum Gasteiger partial charge on any atom is 0.255 e. The Morgan fingerprint density at radius 1 is 1.24 bits per heavy atom. The monoisotopic (exact) mass is 228 g/mol. The van der Waals surface area contributed by atoms with Crippen molar-refractivity contribution in [2.24, 2.45) is 0 Å². The predicted molar refractivity (Wildman–Crippen MR) is 69.0 cm³/mol. The molecule has 0 aliphatic carbocycles. The Morgan fingerprint density at radius 2 is 2.00 bits per heavy atom. The summed E-state index contributed by atoms with van der Waals surface area (Å²) >= 11 is 0. The number of hydrogen-bond acceptors (Lipinski definition) is 2. The van der Waals surface area contributed by atoms with Gasteiger partial charge in [-0.3, -0.25) is 4.79 Å². The number of fused-ring (bicyclic) bond motifs is 1. The van der Waals surface area contributed by atoms with E-state index >= 15 is 0 Å². The first-order chi connectivity index (χ1) is 8.25. The van der Waals surface area contributed by atoms with Gasteiger partial charge in [0.2, 0.25) is 0 Å². The first kappa shape index (κ1) is 10.5. The molecule has 0 unspecified atom stereocenters. The van der Waals surface area contributed by atoms with E-state index < -0.39 is 0 Å². The Hall–Kier alpha value is -1.61. The third kappa shape index (κ3) is 1.76. The van der Waals surface area contributed by atoms with Crippen LogP contribution in [0.3, 0.4) is 0 Å². The van der Waals surface area contributed by atoms with Gasteiger partial charge in [-0.1, -0.05) is 12.6 Å². The van der Waals surface area contributed by atoms with Crippen LogP contribution in [0, 0.1) is 0 Å². The van der Waals surface area contributed by atoms with Crippen molar-refractivity contribution in [3.05, 3.63) is 35.9 Å². The quantitative estimate of drug-likeness (QED) is 0.723. The SMILES string of the molecule is C=C1C(=O)Nc2ccc(C3CCNCC3)cc21. The van der Waals surface area contributed by atoms with E-state index in [0.717, 1.165) is 24.3 Å². The normalized spacial score (nSPS) is 20.2. The van der Waals surface area contributed by atoms with Crippen LogP contribution in [0.2, 0.25) is 0 Å². The third-order valence-corrected chi connectivity index (χ3v) is 3.70. The Labute approximate surface area is 101 Å². The number of piperidine rings is 1. The highest BCUT2D eigenvalue weighted by molar-refractivity contribution is 6.30. The van der Waals surface area contributed by atoms with Crippen molar-refractivity contribution >= 4 is 17.2 Å². The predicted octanol–water partition coefficient (Wildman–Crippen LogP) is 2.12. The molecule has 0 bridgehead atoms. The molecule has 2 N–H and O–H groups in total. The molecule has 3 heteroatoms. The molecule has 1 aromatic carbocycles. The van der Waals surface area contributed by atoms with Crippen molar-refractivity contribution in [3.8, 4) is 0 Å². The first-order valence-corrected chi connectivity index (χ1v) is 6.11. The Kier molecular flexibility index (Phi) is 2.48. The fraction of sp³-hybridized carbons (Fsp3) is 0.357. The summed E-state index contributed by atoms with van der Waals surface area (Å²) in [6.07, 6.45) is 2.35. The van der Waals surface area contributed by atoms with Crippen molar-refractivity contribution in [2.45, 2.75) is 18.8 Å². The lowest BCUT2D eigenvalue weighted by Gasteiger charge is -2.23. The number of carbonyl (C=O) groups excluding carboxylic acids is 1. The number of anilines is 1. The molecule has 1 saturated heterocycles. The third-order valence-electron chi connectivity index (χ3n) is 3.70. The minimum absolute atomic E-state index is 0.0672. The van der Waals surface area contributed by atoms with Gasteiger partial charge in [-0.2, -0.15) is 0 Å². The summed E-state index contributed by atoms with van der Waals surface area (Å²) in [5.74, 6) is 0.549. The molecular formula is C14H16N2O. The Morgan fingerprint density at radius 3 is 2.76 bits per heavy atom. The maximum atomic E-state index is 11.5. The van der Waals surface area contributed by atoms with E-state index in [2.05, 4.69) is 29.3 Å². The number of benzene rings is 1. The van der Waals surface area contributed by atoms with Crippen LogP contribution in [-0.4, -0.2) is 19.0 Å². The van der Waals surface area contributed by atoms with Crippen molar-refractivity contribution in [1.82, 2.24) is 5.32 Å². The molecule has 2 heterocycles. The summed E-state index contributed by atoms with van der Waals surface area (Å²) in [6.45, 7) is 6.00. The van der Waals surface area contributed by atoms with Gasteiger partial charge in [0, 0.05) is 16.8 Å². The molecule has 1 amide bonds. The molecule has 0 aromatic heterocycles. The average molecular weight is 228 g/mol.